The molecule has 0 saturated carbocycles. The van der Waals surface area contributed by atoms with Gasteiger partial charge in [-0.2, -0.15) is 0 Å². The van der Waals surface area contributed by atoms with Crippen LogP contribution in [-0.2, 0) is 4.79 Å². The van der Waals surface area contributed by atoms with Crippen LogP contribution in [0.2, 0.25) is 0 Å². The maximum Gasteiger partial charge on any atom is 0.236 e. The average Bonchev–Trinajstić information content (AvgIpc) is 3.12. The van der Waals surface area contributed by atoms with Gasteiger partial charge in [-0.3, -0.25) is 14.7 Å². The molecule has 2 aliphatic heterocycles. The standard InChI is InChI=1S/C20H39N5O/c1-5-21-19(22-10-8-9-20(2,3)4)25-15-13-23(14-16-25)17-18(26)24-11-6-7-12-24/h5-17H2,1-4H3,(H,21,22). The SMILES string of the molecule is CCNC(=NCCCC(C)(C)C)N1CCN(CC(=O)N2CCCC2)CC1. The van der Waals surface area contributed by atoms with Gasteiger partial charge in [0.1, 0.15) is 0 Å². The quantitative estimate of drug-likeness (QED) is 0.444. The van der Waals surface area contributed by atoms with Crippen LogP contribution in [0.4, 0.5) is 0 Å². The van der Waals surface area contributed by atoms with Gasteiger partial charge in [0.25, 0.3) is 0 Å². The summed E-state index contributed by atoms with van der Waals surface area (Å²) in [6.07, 6.45) is 4.65. The molecule has 0 bridgehead atoms. The van der Waals surface area contributed by atoms with E-state index in [0.717, 1.165) is 77.6 Å². The van der Waals surface area contributed by atoms with Crippen LogP contribution in [0.15, 0.2) is 4.99 Å². The van der Waals surface area contributed by atoms with Crippen molar-refractivity contribution >= 4 is 11.9 Å². The largest absolute Gasteiger partial charge is 0.357 e. The molecule has 6 heteroatoms. The summed E-state index contributed by atoms with van der Waals surface area (Å²) in [5, 5.41) is 3.43. The first kappa shape index (κ1) is 21.0. The number of hydrogen-bond acceptors (Lipinski definition) is 3. The molecule has 2 saturated heterocycles. The van der Waals surface area contributed by atoms with Crippen molar-refractivity contribution in [2.45, 2.75) is 53.4 Å². The highest BCUT2D eigenvalue weighted by molar-refractivity contribution is 5.80. The van der Waals surface area contributed by atoms with E-state index in [-0.39, 0.29) is 0 Å². The smallest absolute Gasteiger partial charge is 0.236 e. The summed E-state index contributed by atoms with van der Waals surface area (Å²) < 4.78 is 0. The second-order valence-corrected chi connectivity index (χ2v) is 8.75. The second kappa shape index (κ2) is 10.1. The fraction of sp³-hybridized carbons (Fsp3) is 0.900. The van der Waals surface area contributed by atoms with Crippen molar-refractivity contribution in [3.63, 3.8) is 0 Å². The Hall–Kier alpha value is -1.30. The number of carbonyl (C=O) groups is 1. The van der Waals surface area contributed by atoms with Crippen molar-refractivity contribution in [3.05, 3.63) is 0 Å². The predicted molar refractivity (Wildman–Crippen MR) is 108 cm³/mol. The van der Waals surface area contributed by atoms with Gasteiger partial charge in [0, 0.05) is 52.4 Å². The Kier molecular flexibility index (Phi) is 8.19. The number of nitrogens with one attached hydrogen (secondary N) is 1. The summed E-state index contributed by atoms with van der Waals surface area (Å²) in [7, 11) is 0. The monoisotopic (exact) mass is 365 g/mol. The topological polar surface area (TPSA) is 51.2 Å². The Labute approximate surface area is 160 Å². The van der Waals surface area contributed by atoms with Crippen molar-refractivity contribution in [2.75, 3.05) is 58.9 Å². The van der Waals surface area contributed by atoms with E-state index < -0.39 is 0 Å². The number of aliphatic imine (C=N–C) groups is 1. The van der Waals surface area contributed by atoms with Gasteiger partial charge in [0.15, 0.2) is 5.96 Å². The third-order valence-corrected chi connectivity index (χ3v) is 5.17. The summed E-state index contributed by atoms with van der Waals surface area (Å²) in [6.45, 7) is 17.0. The van der Waals surface area contributed by atoms with Crippen LogP contribution >= 0.6 is 0 Å². The molecule has 2 heterocycles. The van der Waals surface area contributed by atoms with Crippen molar-refractivity contribution in [1.29, 1.82) is 0 Å². The van der Waals surface area contributed by atoms with Gasteiger partial charge in [0.2, 0.25) is 5.91 Å². The Morgan fingerprint density at radius 3 is 2.23 bits per heavy atom. The van der Waals surface area contributed by atoms with Crippen molar-refractivity contribution < 1.29 is 4.79 Å². The molecule has 6 nitrogen and oxygen atoms in total. The molecule has 0 unspecified atom stereocenters. The van der Waals surface area contributed by atoms with Gasteiger partial charge >= 0.3 is 0 Å². The number of carbonyl (C=O) groups excluding carboxylic acids is 1. The number of nitrogens with zero attached hydrogens (tertiary/aromatic N) is 4. The molecular formula is C20H39N5O. The van der Waals surface area contributed by atoms with Crippen molar-refractivity contribution in [3.8, 4) is 0 Å². The molecule has 2 fully saturated rings. The van der Waals surface area contributed by atoms with Gasteiger partial charge in [0.05, 0.1) is 6.54 Å². The van der Waals surface area contributed by atoms with Crippen molar-refractivity contribution in [1.82, 2.24) is 20.0 Å². The zero-order valence-corrected chi connectivity index (χ0v) is 17.4. The van der Waals surface area contributed by atoms with Gasteiger partial charge in [-0.15, -0.1) is 0 Å². The van der Waals surface area contributed by atoms with Crippen LogP contribution in [0.3, 0.4) is 0 Å². The van der Waals surface area contributed by atoms with Gasteiger partial charge < -0.3 is 15.1 Å². The Bertz CT molecular complexity index is 457. The average molecular weight is 366 g/mol. The van der Waals surface area contributed by atoms with E-state index in [0.29, 0.717) is 17.9 Å². The fourth-order valence-corrected chi connectivity index (χ4v) is 3.60. The summed E-state index contributed by atoms with van der Waals surface area (Å²) in [5.74, 6) is 1.34. The molecule has 2 aliphatic rings. The molecule has 0 aromatic rings. The number of likely N-dealkylation sites (tertiary alicyclic amines) is 1. The normalized spacial score (nSPS) is 19.9. The van der Waals surface area contributed by atoms with E-state index in [1.54, 1.807) is 0 Å². The number of guanidine groups is 1. The molecule has 1 N–H and O–H groups in total. The Morgan fingerprint density at radius 2 is 1.65 bits per heavy atom. The number of hydrogen-bond donors (Lipinski definition) is 1. The number of piperazine rings is 1. The highest BCUT2D eigenvalue weighted by Gasteiger charge is 2.24. The lowest BCUT2D eigenvalue weighted by molar-refractivity contribution is -0.131. The van der Waals surface area contributed by atoms with Gasteiger partial charge in [-0.25, -0.2) is 0 Å². The lowest BCUT2D eigenvalue weighted by atomic mass is 9.91. The maximum absolute atomic E-state index is 12.3. The van der Waals surface area contributed by atoms with Crippen LogP contribution in [0, 0.1) is 5.41 Å². The lowest BCUT2D eigenvalue weighted by Gasteiger charge is -2.36. The first-order valence-corrected chi connectivity index (χ1v) is 10.4. The number of rotatable bonds is 6. The van der Waals surface area contributed by atoms with E-state index in [9.17, 15) is 4.79 Å². The van der Waals surface area contributed by atoms with Gasteiger partial charge in [-0.05, 0) is 38.0 Å². The molecule has 0 radical (unpaired) electrons. The fourth-order valence-electron chi connectivity index (χ4n) is 3.60. The predicted octanol–water partition coefficient (Wildman–Crippen LogP) is 2.02. The van der Waals surface area contributed by atoms with E-state index in [2.05, 4.69) is 42.8 Å². The Balaban J connectivity index is 1.76. The van der Waals surface area contributed by atoms with Crippen molar-refractivity contribution in [2.24, 2.45) is 10.4 Å². The van der Waals surface area contributed by atoms with Crippen LogP contribution in [0.25, 0.3) is 0 Å². The molecule has 0 aliphatic carbocycles. The maximum atomic E-state index is 12.3. The number of amides is 1. The summed E-state index contributed by atoms with van der Waals surface area (Å²) in [4.78, 5) is 23.8. The highest BCUT2D eigenvalue weighted by Crippen LogP contribution is 2.20. The molecule has 0 atom stereocenters. The highest BCUT2D eigenvalue weighted by atomic mass is 16.2. The van der Waals surface area contributed by atoms with E-state index in [1.807, 2.05) is 4.90 Å². The lowest BCUT2D eigenvalue weighted by Crippen LogP contribution is -2.54. The van der Waals surface area contributed by atoms with Crippen LogP contribution < -0.4 is 5.32 Å². The zero-order chi connectivity index (χ0) is 19.0. The summed E-state index contributed by atoms with van der Waals surface area (Å²) >= 11 is 0. The molecule has 150 valence electrons. The first-order chi connectivity index (χ1) is 12.4. The zero-order valence-electron chi connectivity index (χ0n) is 17.4. The molecule has 0 aromatic heterocycles. The minimum absolute atomic E-state index is 0.304. The van der Waals surface area contributed by atoms with Crippen LogP contribution in [0.5, 0.6) is 0 Å². The third kappa shape index (κ3) is 7.14. The molecule has 0 spiro atoms. The summed E-state index contributed by atoms with van der Waals surface area (Å²) in [6, 6.07) is 0. The molecule has 2 rings (SSSR count). The Morgan fingerprint density at radius 1 is 1.00 bits per heavy atom. The molecule has 26 heavy (non-hydrogen) atoms. The van der Waals surface area contributed by atoms with E-state index in [1.165, 1.54) is 6.42 Å². The summed E-state index contributed by atoms with van der Waals surface area (Å²) in [5.41, 5.74) is 0.376. The molecule has 0 aromatic carbocycles. The molecular weight excluding hydrogens is 326 g/mol. The van der Waals surface area contributed by atoms with E-state index >= 15 is 0 Å². The van der Waals surface area contributed by atoms with E-state index in [4.69, 9.17) is 4.99 Å². The molecule has 1 amide bonds. The minimum Gasteiger partial charge on any atom is -0.357 e. The second-order valence-electron chi connectivity index (χ2n) is 8.75. The first-order valence-electron chi connectivity index (χ1n) is 10.4. The minimum atomic E-state index is 0.304. The van der Waals surface area contributed by atoms with Crippen LogP contribution in [-0.4, -0.2) is 85.5 Å². The third-order valence-electron chi connectivity index (χ3n) is 5.17. The van der Waals surface area contributed by atoms with Crippen LogP contribution in [0.1, 0.15) is 53.4 Å². The van der Waals surface area contributed by atoms with Gasteiger partial charge in [-0.1, -0.05) is 20.8 Å².